The third-order valence-electron chi connectivity index (χ3n) is 5.49. The van der Waals surface area contributed by atoms with E-state index in [4.69, 9.17) is 21.1 Å². The highest BCUT2D eigenvalue weighted by Crippen LogP contribution is 2.44. The van der Waals surface area contributed by atoms with Gasteiger partial charge in [0.2, 0.25) is 0 Å². The molecule has 0 heterocycles. The van der Waals surface area contributed by atoms with Gasteiger partial charge in [-0.2, -0.15) is 11.8 Å². The molecule has 0 aromatic heterocycles. The molecule has 33 heavy (non-hydrogen) atoms. The topological polar surface area (TPSA) is 64.6 Å². The zero-order valence-electron chi connectivity index (χ0n) is 17.9. The molecule has 3 aromatic carbocycles. The number of carbonyl (C=O) groups is 2. The minimum Gasteiger partial charge on any atom is -0.451 e. The van der Waals surface area contributed by atoms with Gasteiger partial charge in [-0.1, -0.05) is 78.9 Å². The van der Waals surface area contributed by atoms with Crippen LogP contribution in [0.3, 0.4) is 0 Å². The minimum atomic E-state index is -0.901. The molecule has 1 amide bonds. The number of fused-ring (bicyclic) bond motifs is 3. The molecule has 4 rings (SSSR count). The van der Waals surface area contributed by atoms with E-state index in [1.165, 1.54) is 16.7 Å². The highest BCUT2D eigenvalue weighted by atomic mass is 35.5. The van der Waals surface area contributed by atoms with Crippen molar-refractivity contribution in [3.05, 3.63) is 95.6 Å². The van der Waals surface area contributed by atoms with Gasteiger partial charge in [-0.3, -0.25) is 0 Å². The van der Waals surface area contributed by atoms with Crippen molar-refractivity contribution in [2.45, 2.75) is 17.7 Å². The van der Waals surface area contributed by atoms with E-state index >= 15 is 0 Å². The highest BCUT2D eigenvalue weighted by Gasteiger charge is 2.29. The van der Waals surface area contributed by atoms with Crippen LogP contribution in [0.5, 0.6) is 0 Å². The molecule has 0 unspecified atom stereocenters. The summed E-state index contributed by atoms with van der Waals surface area (Å²) in [6.07, 6.45) is -0.548. The molecule has 7 heteroatoms. The van der Waals surface area contributed by atoms with E-state index in [1.807, 2.05) is 54.6 Å². The second-order valence-corrected chi connectivity index (χ2v) is 9.06. The van der Waals surface area contributed by atoms with E-state index in [1.54, 1.807) is 11.8 Å². The summed E-state index contributed by atoms with van der Waals surface area (Å²) < 4.78 is 10.5. The molecule has 1 aliphatic carbocycles. The number of hydrogen-bond donors (Lipinski definition) is 1. The Labute approximate surface area is 202 Å². The van der Waals surface area contributed by atoms with E-state index < -0.39 is 17.6 Å². The van der Waals surface area contributed by atoms with Crippen LogP contribution in [-0.2, 0) is 15.2 Å². The first-order valence-electron chi connectivity index (χ1n) is 10.7. The Morgan fingerprint density at radius 3 is 2.12 bits per heavy atom. The first-order valence-corrected chi connectivity index (χ1v) is 12.2. The third kappa shape index (κ3) is 6.09. The van der Waals surface area contributed by atoms with Crippen LogP contribution < -0.4 is 5.32 Å². The zero-order chi connectivity index (χ0) is 23.0. The van der Waals surface area contributed by atoms with Gasteiger partial charge in [0.15, 0.2) is 0 Å². The zero-order valence-corrected chi connectivity index (χ0v) is 19.5. The number of benzene rings is 3. The van der Waals surface area contributed by atoms with Gasteiger partial charge < -0.3 is 14.8 Å². The minimum absolute atomic E-state index is 0.0188. The summed E-state index contributed by atoms with van der Waals surface area (Å²) in [6.45, 7) is 0.202. The van der Waals surface area contributed by atoms with E-state index in [0.717, 1.165) is 16.9 Å². The molecule has 0 saturated carbocycles. The van der Waals surface area contributed by atoms with Crippen molar-refractivity contribution < 1.29 is 19.1 Å². The van der Waals surface area contributed by atoms with Crippen LogP contribution in [0, 0.1) is 0 Å². The van der Waals surface area contributed by atoms with Gasteiger partial charge in [-0.05, 0) is 27.8 Å². The maximum Gasteiger partial charge on any atom is 0.407 e. The number of rotatable bonds is 9. The van der Waals surface area contributed by atoms with Gasteiger partial charge in [0.05, 0.1) is 6.04 Å². The van der Waals surface area contributed by atoms with Crippen LogP contribution in [0.4, 0.5) is 9.59 Å². The van der Waals surface area contributed by atoms with E-state index in [9.17, 15) is 9.59 Å². The summed E-state index contributed by atoms with van der Waals surface area (Å²) >= 11 is 6.95. The van der Waals surface area contributed by atoms with Crippen LogP contribution in [0.1, 0.15) is 22.6 Å². The second-order valence-electron chi connectivity index (χ2n) is 7.72. The summed E-state index contributed by atoms with van der Waals surface area (Å²) in [5.74, 6) is 1.30. The van der Waals surface area contributed by atoms with Gasteiger partial charge in [0.1, 0.15) is 13.2 Å². The fourth-order valence-corrected chi connectivity index (χ4v) is 5.07. The van der Waals surface area contributed by atoms with Crippen LogP contribution >= 0.6 is 23.4 Å². The molecule has 5 nitrogen and oxygen atoms in total. The number of alkyl carbamates (subject to hydrolysis) is 1. The van der Waals surface area contributed by atoms with Gasteiger partial charge in [0, 0.05) is 29.0 Å². The van der Waals surface area contributed by atoms with Crippen molar-refractivity contribution in [3.63, 3.8) is 0 Å². The SMILES string of the molecule is O=C(Cl)OC[C@H](CSCc1ccccc1)NC(=O)OCC1c2ccccc2-c2ccccc21. The van der Waals surface area contributed by atoms with Gasteiger partial charge in [-0.25, -0.2) is 9.59 Å². The van der Waals surface area contributed by atoms with Crippen LogP contribution in [0.25, 0.3) is 11.1 Å². The monoisotopic (exact) mass is 481 g/mol. The van der Waals surface area contributed by atoms with Gasteiger partial charge in [-0.15, -0.1) is 0 Å². The standard InChI is InChI=1S/C26H24ClNO4S/c27-25(29)31-14-19(17-33-16-18-8-2-1-3-9-18)28-26(30)32-15-24-22-12-6-4-10-20(22)21-11-5-7-13-23(21)24/h1-13,19,24H,14-17H2,(H,28,30)/t19-/m1/s1. The maximum absolute atomic E-state index is 12.6. The molecule has 0 saturated heterocycles. The molecule has 0 bridgehead atoms. The lowest BCUT2D eigenvalue weighted by atomic mass is 9.98. The molecule has 3 aromatic rings. The number of halogens is 1. The molecule has 170 valence electrons. The van der Waals surface area contributed by atoms with Crippen LogP contribution in [-0.4, -0.2) is 36.5 Å². The summed E-state index contributed by atoms with van der Waals surface area (Å²) in [5, 5.41) is 2.81. The average molecular weight is 482 g/mol. The number of thioether (sulfide) groups is 1. The summed E-state index contributed by atoms with van der Waals surface area (Å²) in [7, 11) is 0. The summed E-state index contributed by atoms with van der Waals surface area (Å²) in [6, 6.07) is 26.0. The first kappa shape index (κ1) is 23.2. The summed E-state index contributed by atoms with van der Waals surface area (Å²) in [4.78, 5) is 23.7. The number of nitrogens with one attached hydrogen (secondary N) is 1. The Hall–Kier alpha value is -2.96. The number of ether oxygens (including phenoxy) is 2. The van der Waals surface area contributed by atoms with E-state index in [0.29, 0.717) is 5.75 Å². The fraction of sp³-hybridized carbons (Fsp3) is 0.231. The molecule has 1 atom stereocenters. The molecule has 1 N–H and O–H groups in total. The number of carbonyl (C=O) groups excluding carboxylic acids is 2. The molecule has 0 aliphatic heterocycles. The Bertz CT molecular complexity index is 1060. The largest absolute Gasteiger partial charge is 0.451 e. The van der Waals surface area contributed by atoms with Crippen molar-refractivity contribution >= 4 is 34.9 Å². The Balaban J connectivity index is 1.34. The van der Waals surface area contributed by atoms with Gasteiger partial charge >= 0.3 is 11.5 Å². The maximum atomic E-state index is 12.6. The third-order valence-corrected chi connectivity index (χ3v) is 6.78. The Morgan fingerprint density at radius 2 is 1.48 bits per heavy atom. The smallest absolute Gasteiger partial charge is 0.407 e. The van der Waals surface area contributed by atoms with Crippen molar-refractivity contribution in [1.82, 2.24) is 5.32 Å². The van der Waals surface area contributed by atoms with E-state index in [-0.39, 0.29) is 19.1 Å². The first-order chi connectivity index (χ1) is 16.1. The van der Waals surface area contributed by atoms with Crippen molar-refractivity contribution in [1.29, 1.82) is 0 Å². The molecular weight excluding hydrogens is 458 g/mol. The number of hydrogen-bond acceptors (Lipinski definition) is 5. The molecule has 0 spiro atoms. The molecular formula is C26H24ClNO4S. The fourth-order valence-electron chi connectivity index (χ4n) is 4.00. The lowest BCUT2D eigenvalue weighted by Crippen LogP contribution is -2.41. The predicted octanol–water partition coefficient (Wildman–Crippen LogP) is 6.20. The quantitative estimate of drug-likeness (QED) is 0.368. The predicted molar refractivity (Wildman–Crippen MR) is 132 cm³/mol. The number of amides is 1. The van der Waals surface area contributed by atoms with Crippen LogP contribution in [0.15, 0.2) is 78.9 Å². The highest BCUT2D eigenvalue weighted by molar-refractivity contribution is 7.98. The van der Waals surface area contributed by atoms with Crippen molar-refractivity contribution in [3.8, 4) is 11.1 Å². The second kappa shape index (κ2) is 11.3. The van der Waals surface area contributed by atoms with Gasteiger partial charge in [0.25, 0.3) is 0 Å². The van der Waals surface area contributed by atoms with Crippen molar-refractivity contribution in [2.24, 2.45) is 0 Å². The Morgan fingerprint density at radius 1 is 0.879 bits per heavy atom. The van der Waals surface area contributed by atoms with E-state index in [2.05, 4.69) is 29.6 Å². The Kier molecular flexibility index (Phi) is 7.92. The average Bonchev–Trinajstić information content (AvgIpc) is 3.15. The van der Waals surface area contributed by atoms with Crippen LogP contribution in [0.2, 0.25) is 0 Å². The molecule has 1 aliphatic rings. The lowest BCUT2D eigenvalue weighted by molar-refractivity contribution is 0.128. The molecule has 0 fully saturated rings. The normalized spacial score (nSPS) is 13.0. The molecule has 0 radical (unpaired) electrons. The lowest BCUT2D eigenvalue weighted by Gasteiger charge is -2.19. The van der Waals surface area contributed by atoms with Crippen molar-refractivity contribution in [2.75, 3.05) is 19.0 Å². The summed E-state index contributed by atoms with van der Waals surface area (Å²) in [5.41, 5.74) is 4.92.